The van der Waals surface area contributed by atoms with Crippen LogP contribution in [-0.2, 0) is 21.4 Å². The van der Waals surface area contributed by atoms with E-state index in [1.54, 1.807) is 31.4 Å². The fourth-order valence-corrected chi connectivity index (χ4v) is 4.65. The van der Waals surface area contributed by atoms with E-state index in [4.69, 9.17) is 14.2 Å². The zero-order chi connectivity index (χ0) is 20.1. The third-order valence-corrected chi connectivity index (χ3v) is 6.51. The Bertz CT molecular complexity index is 951. The van der Waals surface area contributed by atoms with E-state index in [0.29, 0.717) is 30.2 Å². The molecule has 0 amide bonds. The fourth-order valence-electron chi connectivity index (χ4n) is 3.08. The summed E-state index contributed by atoms with van der Waals surface area (Å²) < 4.78 is 42.6. The van der Waals surface area contributed by atoms with E-state index < -0.39 is 16.0 Å². The second-order valence-corrected chi connectivity index (χ2v) is 8.33. The molecule has 1 aliphatic rings. The minimum atomic E-state index is -3.59. The van der Waals surface area contributed by atoms with Crippen molar-refractivity contribution >= 4 is 16.0 Å². The molecule has 0 atom stereocenters. The Kier molecular flexibility index (Phi) is 6.21. The minimum absolute atomic E-state index is 0.0255. The molecule has 0 saturated carbocycles. The van der Waals surface area contributed by atoms with Gasteiger partial charge in [0.15, 0.2) is 0 Å². The zero-order valence-corrected chi connectivity index (χ0v) is 16.7. The van der Waals surface area contributed by atoms with Crippen molar-refractivity contribution in [1.29, 1.82) is 0 Å². The van der Waals surface area contributed by atoms with Crippen LogP contribution in [0.5, 0.6) is 11.5 Å². The summed E-state index contributed by atoms with van der Waals surface area (Å²) in [5, 5.41) is 0. The summed E-state index contributed by atoms with van der Waals surface area (Å²) in [5.74, 6) is 0.577. The van der Waals surface area contributed by atoms with E-state index in [2.05, 4.69) is 0 Å². The Morgan fingerprint density at radius 1 is 1.04 bits per heavy atom. The van der Waals surface area contributed by atoms with Gasteiger partial charge in [0.1, 0.15) is 18.1 Å². The number of methoxy groups -OCH3 is 2. The molecule has 0 unspecified atom stereocenters. The summed E-state index contributed by atoms with van der Waals surface area (Å²) in [6.45, 7) is 0.988. The molecule has 1 fully saturated rings. The molecule has 2 aromatic rings. The van der Waals surface area contributed by atoms with Gasteiger partial charge >= 0.3 is 5.97 Å². The first kappa shape index (κ1) is 20.2. The van der Waals surface area contributed by atoms with Crippen LogP contribution in [0.1, 0.15) is 28.8 Å². The van der Waals surface area contributed by atoms with E-state index in [1.165, 1.54) is 29.6 Å². The average Bonchev–Trinajstić information content (AvgIpc) is 3.27. The molecule has 0 bridgehead atoms. The van der Waals surface area contributed by atoms with Gasteiger partial charge in [0, 0.05) is 18.7 Å². The van der Waals surface area contributed by atoms with Crippen molar-refractivity contribution in [3.05, 3.63) is 53.6 Å². The number of sulfonamides is 1. The third-order valence-electron chi connectivity index (χ3n) is 4.62. The lowest BCUT2D eigenvalue weighted by atomic mass is 10.2. The van der Waals surface area contributed by atoms with Crippen LogP contribution in [0.3, 0.4) is 0 Å². The number of ether oxygens (including phenoxy) is 3. The van der Waals surface area contributed by atoms with Gasteiger partial charge in [-0.2, -0.15) is 4.31 Å². The maximum absolute atomic E-state index is 12.7. The zero-order valence-electron chi connectivity index (χ0n) is 15.9. The first-order valence-corrected chi connectivity index (χ1v) is 10.4. The SMILES string of the molecule is COc1ccc(OC)c(COC(=O)c2cccc(S(=O)(=O)N3CCCC3)c2)c1. The van der Waals surface area contributed by atoms with E-state index in [9.17, 15) is 13.2 Å². The smallest absolute Gasteiger partial charge is 0.338 e. The van der Waals surface area contributed by atoms with Crippen molar-refractivity contribution in [2.45, 2.75) is 24.3 Å². The van der Waals surface area contributed by atoms with Crippen molar-refractivity contribution in [2.75, 3.05) is 27.3 Å². The van der Waals surface area contributed by atoms with Gasteiger partial charge in [-0.15, -0.1) is 0 Å². The molecule has 150 valence electrons. The molecular weight excluding hydrogens is 382 g/mol. The second-order valence-electron chi connectivity index (χ2n) is 6.39. The number of benzene rings is 2. The molecule has 0 spiro atoms. The molecule has 1 saturated heterocycles. The number of carbonyl (C=O) groups excluding carboxylic acids is 1. The third kappa shape index (κ3) is 4.28. The highest BCUT2D eigenvalue weighted by Gasteiger charge is 2.27. The average molecular weight is 405 g/mol. The Labute approximate surface area is 164 Å². The lowest BCUT2D eigenvalue weighted by molar-refractivity contribution is 0.0469. The normalized spacial score (nSPS) is 14.6. The number of nitrogens with zero attached hydrogens (tertiary/aromatic N) is 1. The van der Waals surface area contributed by atoms with Crippen LogP contribution in [0.4, 0.5) is 0 Å². The minimum Gasteiger partial charge on any atom is -0.497 e. The van der Waals surface area contributed by atoms with Crippen molar-refractivity contribution < 1.29 is 27.4 Å². The molecule has 8 heteroatoms. The number of rotatable bonds is 7. The van der Waals surface area contributed by atoms with Crippen LogP contribution >= 0.6 is 0 Å². The van der Waals surface area contributed by atoms with Crippen LogP contribution in [0.15, 0.2) is 47.4 Å². The molecule has 0 aliphatic carbocycles. The monoisotopic (exact) mass is 405 g/mol. The maximum Gasteiger partial charge on any atom is 0.338 e. The van der Waals surface area contributed by atoms with E-state index in [1.807, 2.05) is 0 Å². The highest BCUT2D eigenvalue weighted by atomic mass is 32.2. The first-order valence-electron chi connectivity index (χ1n) is 8.94. The molecule has 2 aromatic carbocycles. The van der Waals surface area contributed by atoms with Gasteiger partial charge in [0.25, 0.3) is 0 Å². The highest BCUT2D eigenvalue weighted by Crippen LogP contribution is 2.25. The van der Waals surface area contributed by atoms with Crippen molar-refractivity contribution in [3.63, 3.8) is 0 Å². The molecule has 1 aliphatic heterocycles. The van der Waals surface area contributed by atoms with Crippen LogP contribution in [-0.4, -0.2) is 46.0 Å². The highest BCUT2D eigenvalue weighted by molar-refractivity contribution is 7.89. The predicted molar refractivity (Wildman–Crippen MR) is 103 cm³/mol. The van der Waals surface area contributed by atoms with Gasteiger partial charge in [0.2, 0.25) is 10.0 Å². The van der Waals surface area contributed by atoms with Gasteiger partial charge in [0.05, 0.1) is 24.7 Å². The molecule has 0 N–H and O–H groups in total. The number of hydrogen-bond acceptors (Lipinski definition) is 6. The lowest BCUT2D eigenvalue weighted by Gasteiger charge is -2.16. The van der Waals surface area contributed by atoms with E-state index in [0.717, 1.165) is 12.8 Å². The molecule has 3 rings (SSSR count). The molecule has 7 nitrogen and oxygen atoms in total. The topological polar surface area (TPSA) is 82.1 Å². The van der Waals surface area contributed by atoms with Crippen LogP contribution in [0, 0.1) is 0 Å². The Morgan fingerprint density at radius 2 is 1.79 bits per heavy atom. The summed E-state index contributed by atoms with van der Waals surface area (Å²) in [6, 6.07) is 11.1. The van der Waals surface area contributed by atoms with Gasteiger partial charge in [-0.25, -0.2) is 13.2 Å². The first-order chi connectivity index (χ1) is 13.5. The van der Waals surface area contributed by atoms with Gasteiger partial charge in [-0.05, 0) is 49.2 Å². The number of esters is 1. The van der Waals surface area contributed by atoms with Crippen molar-refractivity contribution in [3.8, 4) is 11.5 Å². The largest absolute Gasteiger partial charge is 0.497 e. The van der Waals surface area contributed by atoms with Gasteiger partial charge in [-0.3, -0.25) is 0 Å². The Balaban J connectivity index is 1.75. The van der Waals surface area contributed by atoms with Gasteiger partial charge in [-0.1, -0.05) is 6.07 Å². The Hall–Kier alpha value is -2.58. The maximum atomic E-state index is 12.7. The molecule has 0 radical (unpaired) electrons. The molecule has 28 heavy (non-hydrogen) atoms. The quantitative estimate of drug-likeness (QED) is 0.659. The van der Waals surface area contributed by atoms with Crippen LogP contribution in [0.2, 0.25) is 0 Å². The molecular formula is C20H23NO6S. The van der Waals surface area contributed by atoms with Crippen LogP contribution in [0.25, 0.3) is 0 Å². The van der Waals surface area contributed by atoms with E-state index in [-0.39, 0.29) is 17.1 Å². The summed E-state index contributed by atoms with van der Waals surface area (Å²) in [4.78, 5) is 12.6. The second kappa shape index (κ2) is 8.62. The molecule has 1 heterocycles. The van der Waals surface area contributed by atoms with Gasteiger partial charge < -0.3 is 14.2 Å². The molecule has 0 aromatic heterocycles. The van der Waals surface area contributed by atoms with Crippen molar-refractivity contribution in [2.24, 2.45) is 0 Å². The van der Waals surface area contributed by atoms with Crippen LogP contribution < -0.4 is 9.47 Å². The summed E-state index contributed by atoms with van der Waals surface area (Å²) in [6.07, 6.45) is 1.70. The number of carbonyl (C=O) groups is 1. The van der Waals surface area contributed by atoms with Crippen molar-refractivity contribution in [1.82, 2.24) is 4.31 Å². The van der Waals surface area contributed by atoms with E-state index >= 15 is 0 Å². The lowest BCUT2D eigenvalue weighted by Crippen LogP contribution is -2.28. The predicted octanol–water partition coefficient (Wildman–Crippen LogP) is 2.85. The standard InChI is InChI=1S/C20H23NO6S/c1-25-17-8-9-19(26-2)16(12-17)14-27-20(22)15-6-5-7-18(13-15)28(23,24)21-10-3-4-11-21/h5-9,12-13H,3-4,10-11,14H2,1-2H3. The summed E-state index contributed by atoms with van der Waals surface area (Å²) >= 11 is 0. The number of hydrogen-bond donors (Lipinski definition) is 0. The fraction of sp³-hybridized carbons (Fsp3) is 0.350. The Morgan fingerprint density at radius 3 is 2.46 bits per heavy atom. The summed E-state index contributed by atoms with van der Waals surface area (Å²) in [5.41, 5.74) is 0.832. The summed E-state index contributed by atoms with van der Waals surface area (Å²) in [7, 11) is -0.519.